The number of aliphatic hydroxyl groups excluding tert-OH is 1. The van der Waals surface area contributed by atoms with E-state index in [0.717, 1.165) is 5.56 Å². The Hall–Kier alpha value is -2.17. The van der Waals surface area contributed by atoms with Gasteiger partial charge in [-0.2, -0.15) is 0 Å². The van der Waals surface area contributed by atoms with E-state index in [1.807, 2.05) is 0 Å². The number of hydrogen-bond acceptors (Lipinski definition) is 7. The van der Waals surface area contributed by atoms with Crippen LogP contribution < -0.4 is 5.32 Å². The number of carbonyl (C=O) groups excluding carboxylic acids is 2. The molecule has 0 bridgehead atoms. The van der Waals surface area contributed by atoms with Crippen molar-refractivity contribution in [2.75, 3.05) is 11.6 Å². The zero-order valence-corrected chi connectivity index (χ0v) is 17.9. The number of rotatable bonds is 5. The summed E-state index contributed by atoms with van der Waals surface area (Å²) >= 11 is 7.59. The van der Waals surface area contributed by atoms with Crippen LogP contribution in [0.1, 0.15) is 26.3 Å². The minimum absolute atomic E-state index is 0.194. The SMILES string of the molecule is CC(C)(C)[C@@H](O)C(=O)N1CSC[C@H]1C(=O)NCc1cc(Cl)ccc1-n1cnnn1. The molecule has 1 aliphatic rings. The van der Waals surface area contributed by atoms with Gasteiger partial charge in [0.05, 0.1) is 11.6 Å². The third kappa shape index (κ3) is 4.88. The summed E-state index contributed by atoms with van der Waals surface area (Å²) in [7, 11) is 0. The molecule has 2 atom stereocenters. The normalized spacial score (nSPS) is 18.0. The number of nitrogens with zero attached hydrogens (tertiary/aromatic N) is 5. The van der Waals surface area contributed by atoms with Gasteiger partial charge in [0.2, 0.25) is 5.91 Å². The average molecular weight is 439 g/mol. The number of benzene rings is 1. The lowest BCUT2D eigenvalue weighted by Crippen LogP contribution is -2.52. The van der Waals surface area contributed by atoms with Gasteiger partial charge >= 0.3 is 0 Å². The van der Waals surface area contributed by atoms with Crippen molar-refractivity contribution in [1.82, 2.24) is 30.4 Å². The number of aliphatic hydroxyl groups is 1. The van der Waals surface area contributed by atoms with Gasteiger partial charge in [0, 0.05) is 17.3 Å². The molecule has 11 heteroatoms. The maximum Gasteiger partial charge on any atom is 0.253 e. The van der Waals surface area contributed by atoms with E-state index in [4.69, 9.17) is 11.6 Å². The van der Waals surface area contributed by atoms with Crippen molar-refractivity contribution in [1.29, 1.82) is 0 Å². The summed E-state index contributed by atoms with van der Waals surface area (Å²) in [4.78, 5) is 26.9. The highest BCUT2D eigenvalue weighted by Crippen LogP contribution is 2.27. The minimum Gasteiger partial charge on any atom is -0.383 e. The van der Waals surface area contributed by atoms with Gasteiger partial charge in [-0.3, -0.25) is 9.59 Å². The van der Waals surface area contributed by atoms with Gasteiger partial charge in [0.25, 0.3) is 5.91 Å². The van der Waals surface area contributed by atoms with Crippen LogP contribution in [0.15, 0.2) is 24.5 Å². The number of tetrazole rings is 1. The van der Waals surface area contributed by atoms with Crippen LogP contribution in [0.25, 0.3) is 5.69 Å². The molecule has 1 aromatic carbocycles. The topological polar surface area (TPSA) is 113 Å². The van der Waals surface area contributed by atoms with Gasteiger partial charge in [0.1, 0.15) is 18.5 Å². The molecule has 2 heterocycles. The summed E-state index contributed by atoms with van der Waals surface area (Å²) < 4.78 is 1.48. The fourth-order valence-electron chi connectivity index (χ4n) is 2.90. The van der Waals surface area contributed by atoms with Crippen LogP contribution >= 0.6 is 23.4 Å². The number of amides is 2. The van der Waals surface area contributed by atoms with Gasteiger partial charge in [0.15, 0.2) is 0 Å². The van der Waals surface area contributed by atoms with E-state index >= 15 is 0 Å². The molecule has 1 fully saturated rings. The van der Waals surface area contributed by atoms with Crippen molar-refractivity contribution in [3.63, 3.8) is 0 Å². The number of carbonyl (C=O) groups is 2. The number of thioether (sulfide) groups is 1. The Morgan fingerprint density at radius 3 is 2.83 bits per heavy atom. The van der Waals surface area contributed by atoms with Gasteiger partial charge in [-0.1, -0.05) is 32.4 Å². The van der Waals surface area contributed by atoms with E-state index in [0.29, 0.717) is 22.3 Å². The van der Waals surface area contributed by atoms with E-state index in [9.17, 15) is 14.7 Å². The molecule has 29 heavy (non-hydrogen) atoms. The molecule has 3 rings (SSSR count). The van der Waals surface area contributed by atoms with Crippen LogP contribution in [-0.2, 0) is 16.1 Å². The Kier molecular flexibility index (Phi) is 6.45. The van der Waals surface area contributed by atoms with Crippen LogP contribution in [0.3, 0.4) is 0 Å². The summed E-state index contributed by atoms with van der Waals surface area (Å²) in [6.45, 7) is 5.55. The number of aromatic nitrogens is 4. The first-order chi connectivity index (χ1) is 13.7. The maximum atomic E-state index is 12.8. The van der Waals surface area contributed by atoms with Crippen LogP contribution in [0.5, 0.6) is 0 Å². The monoisotopic (exact) mass is 438 g/mol. The molecule has 1 aliphatic heterocycles. The average Bonchev–Trinajstić information content (AvgIpc) is 3.36. The van der Waals surface area contributed by atoms with E-state index in [1.165, 1.54) is 27.7 Å². The zero-order valence-electron chi connectivity index (χ0n) is 16.4. The molecule has 2 amide bonds. The summed E-state index contributed by atoms with van der Waals surface area (Å²) in [6, 6.07) is 4.57. The lowest BCUT2D eigenvalue weighted by Gasteiger charge is -2.31. The molecule has 1 saturated heterocycles. The molecule has 0 aliphatic carbocycles. The van der Waals surface area contributed by atoms with Gasteiger partial charge in [-0.15, -0.1) is 16.9 Å². The highest BCUT2D eigenvalue weighted by molar-refractivity contribution is 7.99. The second-order valence-corrected chi connectivity index (χ2v) is 9.27. The predicted molar refractivity (Wildman–Crippen MR) is 109 cm³/mol. The molecule has 0 radical (unpaired) electrons. The third-order valence-electron chi connectivity index (χ3n) is 4.61. The van der Waals surface area contributed by atoms with Gasteiger partial charge in [-0.05, 0) is 39.6 Å². The third-order valence-corrected chi connectivity index (χ3v) is 5.86. The molecule has 0 unspecified atom stereocenters. The lowest BCUT2D eigenvalue weighted by atomic mass is 9.88. The van der Waals surface area contributed by atoms with Crippen molar-refractivity contribution in [2.45, 2.75) is 39.5 Å². The Bertz CT molecular complexity index is 886. The standard InChI is InChI=1S/C18H23ClN6O3S/c1-18(2,3)15(26)17(28)24-10-29-8-14(24)16(27)20-7-11-6-12(19)4-5-13(11)25-9-21-22-23-25/h4-6,9,14-15,26H,7-8,10H2,1-3H3,(H,20,27)/t14-,15-/m0/s1. The summed E-state index contributed by atoms with van der Waals surface area (Å²) in [6.07, 6.45) is 0.284. The second kappa shape index (κ2) is 8.68. The van der Waals surface area contributed by atoms with Crippen LogP contribution in [0.4, 0.5) is 0 Å². The smallest absolute Gasteiger partial charge is 0.253 e. The van der Waals surface area contributed by atoms with E-state index in [1.54, 1.807) is 39.0 Å². The molecular weight excluding hydrogens is 416 g/mol. The molecule has 2 aromatic rings. The van der Waals surface area contributed by atoms with Crippen molar-refractivity contribution in [2.24, 2.45) is 5.41 Å². The van der Waals surface area contributed by atoms with E-state index < -0.39 is 23.5 Å². The largest absolute Gasteiger partial charge is 0.383 e. The molecule has 0 spiro atoms. The van der Waals surface area contributed by atoms with E-state index in [2.05, 4.69) is 20.8 Å². The Morgan fingerprint density at radius 1 is 1.41 bits per heavy atom. The Morgan fingerprint density at radius 2 is 2.17 bits per heavy atom. The van der Waals surface area contributed by atoms with Crippen molar-refractivity contribution >= 4 is 35.2 Å². The first kappa shape index (κ1) is 21.5. The molecule has 156 valence electrons. The maximum absolute atomic E-state index is 12.8. The fourth-order valence-corrected chi connectivity index (χ4v) is 4.25. The molecular formula is C18H23ClN6O3S. The van der Waals surface area contributed by atoms with Crippen LogP contribution in [0, 0.1) is 5.41 Å². The predicted octanol–water partition coefficient (Wildman–Crippen LogP) is 1.24. The summed E-state index contributed by atoms with van der Waals surface area (Å²) in [5, 5.41) is 24.8. The Balaban J connectivity index is 1.71. The lowest BCUT2D eigenvalue weighted by molar-refractivity contribution is -0.149. The fraction of sp³-hybridized carbons (Fsp3) is 0.500. The number of hydrogen-bond donors (Lipinski definition) is 2. The van der Waals surface area contributed by atoms with Crippen molar-refractivity contribution in [3.8, 4) is 5.69 Å². The number of halogens is 1. The highest BCUT2D eigenvalue weighted by Gasteiger charge is 2.40. The van der Waals surface area contributed by atoms with Crippen molar-refractivity contribution < 1.29 is 14.7 Å². The first-order valence-corrected chi connectivity index (χ1v) is 10.6. The quantitative estimate of drug-likeness (QED) is 0.721. The van der Waals surface area contributed by atoms with Gasteiger partial charge in [-0.25, -0.2) is 4.68 Å². The first-order valence-electron chi connectivity index (χ1n) is 9.04. The summed E-state index contributed by atoms with van der Waals surface area (Å²) in [5.74, 6) is 0.132. The molecule has 2 N–H and O–H groups in total. The Labute approximate surface area is 177 Å². The minimum atomic E-state index is -1.17. The highest BCUT2D eigenvalue weighted by atomic mass is 35.5. The number of nitrogens with one attached hydrogen (secondary N) is 1. The van der Waals surface area contributed by atoms with Crippen LogP contribution in [-0.4, -0.2) is 65.8 Å². The van der Waals surface area contributed by atoms with E-state index in [-0.39, 0.29) is 12.5 Å². The zero-order chi connectivity index (χ0) is 21.2. The molecule has 1 aromatic heterocycles. The van der Waals surface area contributed by atoms with Crippen molar-refractivity contribution in [3.05, 3.63) is 35.1 Å². The van der Waals surface area contributed by atoms with Gasteiger partial charge < -0.3 is 15.3 Å². The summed E-state index contributed by atoms with van der Waals surface area (Å²) in [5.41, 5.74) is 0.820. The molecule has 9 nitrogen and oxygen atoms in total. The van der Waals surface area contributed by atoms with Crippen LogP contribution in [0.2, 0.25) is 5.02 Å². The second-order valence-electron chi connectivity index (χ2n) is 7.84. The molecule has 0 saturated carbocycles.